The number of benzene rings is 1. The number of pyridine rings is 1. The maximum Gasteiger partial charge on any atom is 0.153 e. The molecule has 1 aliphatic rings. The Hall–Kier alpha value is -1.94. The van der Waals surface area contributed by atoms with E-state index >= 15 is 0 Å². The first-order valence-electron chi connectivity index (χ1n) is 7.53. The number of likely N-dealkylation sites (N-methyl/N-ethyl adjacent to an activating group) is 1. The lowest BCUT2D eigenvalue weighted by molar-refractivity contribution is 0.112. The summed E-state index contributed by atoms with van der Waals surface area (Å²) in [4.78, 5) is 20.8. The van der Waals surface area contributed by atoms with Crippen LogP contribution in [0.5, 0.6) is 0 Å². The van der Waals surface area contributed by atoms with E-state index in [2.05, 4.69) is 23.8 Å². The second-order valence-electron chi connectivity index (χ2n) is 5.70. The van der Waals surface area contributed by atoms with E-state index in [0.29, 0.717) is 11.6 Å². The molecule has 1 atom stereocenters. The molecule has 0 N–H and O–H groups in total. The summed E-state index contributed by atoms with van der Waals surface area (Å²) >= 11 is 0. The summed E-state index contributed by atoms with van der Waals surface area (Å²) in [6.07, 6.45) is 2.03. The number of hydrogen-bond donors (Lipinski definition) is 0. The molecule has 110 valence electrons. The number of fused-ring (bicyclic) bond motifs is 1. The number of rotatable bonds is 3. The van der Waals surface area contributed by atoms with Crippen molar-refractivity contribution < 1.29 is 4.79 Å². The molecule has 1 saturated heterocycles. The van der Waals surface area contributed by atoms with Gasteiger partial charge in [-0.3, -0.25) is 9.69 Å². The van der Waals surface area contributed by atoms with Crippen molar-refractivity contribution in [3.8, 4) is 0 Å². The molecule has 1 fully saturated rings. The van der Waals surface area contributed by atoms with Crippen molar-refractivity contribution in [3.05, 3.63) is 35.9 Å². The van der Waals surface area contributed by atoms with Gasteiger partial charge in [-0.05, 0) is 25.6 Å². The van der Waals surface area contributed by atoms with Gasteiger partial charge >= 0.3 is 0 Å². The molecule has 0 spiro atoms. The van der Waals surface area contributed by atoms with Crippen LogP contribution < -0.4 is 4.90 Å². The number of aromatic nitrogens is 1. The Balaban J connectivity index is 2.00. The van der Waals surface area contributed by atoms with Crippen LogP contribution >= 0.6 is 0 Å². The van der Waals surface area contributed by atoms with E-state index in [9.17, 15) is 4.79 Å². The minimum Gasteiger partial charge on any atom is -0.353 e. The van der Waals surface area contributed by atoms with Gasteiger partial charge in [-0.15, -0.1) is 0 Å². The van der Waals surface area contributed by atoms with E-state index in [0.717, 1.165) is 49.1 Å². The summed E-state index contributed by atoms with van der Waals surface area (Å²) in [7, 11) is 2.17. The van der Waals surface area contributed by atoms with Gasteiger partial charge in [-0.1, -0.05) is 25.1 Å². The van der Waals surface area contributed by atoms with E-state index in [1.54, 1.807) is 0 Å². The molecule has 4 nitrogen and oxygen atoms in total. The SMILES string of the molecule is CCC1CN(c2nc3ccccc3cc2C=O)CCN1C. The van der Waals surface area contributed by atoms with Crippen molar-refractivity contribution in [1.82, 2.24) is 9.88 Å². The maximum absolute atomic E-state index is 11.5. The van der Waals surface area contributed by atoms with E-state index in [-0.39, 0.29) is 0 Å². The highest BCUT2D eigenvalue weighted by Crippen LogP contribution is 2.25. The van der Waals surface area contributed by atoms with Crippen LogP contribution in [0.1, 0.15) is 23.7 Å². The molecule has 2 aromatic rings. The number of carbonyl (C=O) groups is 1. The van der Waals surface area contributed by atoms with Crippen molar-refractivity contribution in [1.29, 1.82) is 0 Å². The molecule has 21 heavy (non-hydrogen) atoms. The van der Waals surface area contributed by atoms with E-state index in [1.165, 1.54) is 0 Å². The number of aldehydes is 1. The van der Waals surface area contributed by atoms with Gasteiger partial charge in [0.25, 0.3) is 0 Å². The van der Waals surface area contributed by atoms with Crippen LogP contribution in [0, 0.1) is 0 Å². The summed E-state index contributed by atoms with van der Waals surface area (Å²) < 4.78 is 0. The summed E-state index contributed by atoms with van der Waals surface area (Å²) in [5, 5.41) is 1.02. The Morgan fingerprint density at radius 2 is 2.14 bits per heavy atom. The van der Waals surface area contributed by atoms with Crippen LogP contribution in [0.15, 0.2) is 30.3 Å². The highest BCUT2D eigenvalue weighted by molar-refractivity contribution is 5.91. The van der Waals surface area contributed by atoms with Crippen LogP contribution in [0.25, 0.3) is 10.9 Å². The Labute approximate surface area is 125 Å². The third-order valence-electron chi connectivity index (χ3n) is 4.41. The fourth-order valence-corrected chi connectivity index (χ4v) is 3.04. The monoisotopic (exact) mass is 283 g/mol. The standard InChI is InChI=1S/C17H21N3O/c1-3-15-11-20(9-8-19(15)2)17-14(12-21)10-13-6-4-5-7-16(13)18-17/h4-7,10,12,15H,3,8-9,11H2,1-2H3. The van der Waals surface area contributed by atoms with Crippen molar-refractivity contribution in [2.45, 2.75) is 19.4 Å². The zero-order chi connectivity index (χ0) is 14.8. The normalized spacial score (nSPS) is 19.9. The summed E-state index contributed by atoms with van der Waals surface area (Å²) in [6.45, 7) is 5.06. The van der Waals surface area contributed by atoms with Crippen LogP contribution in [-0.2, 0) is 0 Å². The molecule has 0 amide bonds. The molecule has 1 aromatic heterocycles. The molecule has 4 heteroatoms. The lowest BCUT2D eigenvalue weighted by atomic mass is 10.1. The summed E-state index contributed by atoms with van der Waals surface area (Å²) in [5.74, 6) is 0.829. The minimum absolute atomic E-state index is 0.520. The average molecular weight is 283 g/mol. The lowest BCUT2D eigenvalue weighted by Gasteiger charge is -2.40. The molecular formula is C17H21N3O. The molecule has 1 unspecified atom stereocenters. The Kier molecular flexibility index (Phi) is 3.88. The van der Waals surface area contributed by atoms with E-state index in [1.807, 2.05) is 30.3 Å². The molecular weight excluding hydrogens is 262 g/mol. The second kappa shape index (κ2) is 5.82. The largest absolute Gasteiger partial charge is 0.353 e. The molecule has 0 radical (unpaired) electrons. The quantitative estimate of drug-likeness (QED) is 0.811. The summed E-state index contributed by atoms with van der Waals surface area (Å²) in [6, 6.07) is 10.4. The summed E-state index contributed by atoms with van der Waals surface area (Å²) in [5.41, 5.74) is 1.64. The number of carbonyl (C=O) groups excluding carboxylic acids is 1. The highest BCUT2D eigenvalue weighted by Gasteiger charge is 2.25. The van der Waals surface area contributed by atoms with Gasteiger partial charge in [-0.2, -0.15) is 0 Å². The van der Waals surface area contributed by atoms with Gasteiger partial charge < -0.3 is 4.90 Å². The van der Waals surface area contributed by atoms with E-state index in [4.69, 9.17) is 4.98 Å². The minimum atomic E-state index is 0.520. The van der Waals surface area contributed by atoms with Gasteiger partial charge in [-0.25, -0.2) is 4.98 Å². The predicted molar refractivity (Wildman–Crippen MR) is 86.1 cm³/mol. The third kappa shape index (κ3) is 2.63. The second-order valence-corrected chi connectivity index (χ2v) is 5.70. The topological polar surface area (TPSA) is 36.4 Å². The number of para-hydroxylation sites is 1. The van der Waals surface area contributed by atoms with Gasteiger partial charge in [0, 0.05) is 31.1 Å². The van der Waals surface area contributed by atoms with Crippen LogP contribution in [0.3, 0.4) is 0 Å². The highest BCUT2D eigenvalue weighted by atomic mass is 16.1. The molecule has 2 heterocycles. The van der Waals surface area contributed by atoms with Crippen LogP contribution in [-0.4, -0.2) is 48.9 Å². The third-order valence-corrected chi connectivity index (χ3v) is 4.41. The van der Waals surface area contributed by atoms with Crippen LogP contribution in [0.2, 0.25) is 0 Å². The predicted octanol–water partition coefficient (Wildman–Crippen LogP) is 2.58. The average Bonchev–Trinajstić information content (AvgIpc) is 2.54. The zero-order valence-corrected chi connectivity index (χ0v) is 12.6. The van der Waals surface area contributed by atoms with Gasteiger partial charge in [0.15, 0.2) is 6.29 Å². The molecule has 1 aromatic carbocycles. The molecule has 0 bridgehead atoms. The van der Waals surface area contributed by atoms with Crippen molar-refractivity contribution in [2.24, 2.45) is 0 Å². The van der Waals surface area contributed by atoms with Gasteiger partial charge in [0.05, 0.1) is 11.1 Å². The Morgan fingerprint density at radius 3 is 2.90 bits per heavy atom. The fourth-order valence-electron chi connectivity index (χ4n) is 3.04. The van der Waals surface area contributed by atoms with Gasteiger partial charge in [0.1, 0.15) is 5.82 Å². The van der Waals surface area contributed by atoms with Crippen LogP contribution in [0.4, 0.5) is 5.82 Å². The maximum atomic E-state index is 11.5. The molecule has 3 rings (SSSR count). The molecule has 1 aliphatic heterocycles. The molecule has 0 saturated carbocycles. The van der Waals surface area contributed by atoms with Crippen molar-refractivity contribution in [3.63, 3.8) is 0 Å². The number of nitrogens with zero attached hydrogens (tertiary/aromatic N) is 3. The first kappa shape index (κ1) is 14.0. The number of hydrogen-bond acceptors (Lipinski definition) is 4. The Morgan fingerprint density at radius 1 is 1.33 bits per heavy atom. The smallest absolute Gasteiger partial charge is 0.153 e. The first-order valence-corrected chi connectivity index (χ1v) is 7.53. The number of piperazine rings is 1. The fraction of sp³-hybridized carbons (Fsp3) is 0.412. The van der Waals surface area contributed by atoms with Crippen molar-refractivity contribution >= 4 is 23.0 Å². The first-order chi connectivity index (χ1) is 10.2. The zero-order valence-electron chi connectivity index (χ0n) is 12.6. The van der Waals surface area contributed by atoms with Gasteiger partial charge in [0.2, 0.25) is 0 Å². The lowest BCUT2D eigenvalue weighted by Crippen LogP contribution is -2.51. The van der Waals surface area contributed by atoms with Crippen molar-refractivity contribution in [2.75, 3.05) is 31.6 Å². The molecule has 0 aliphatic carbocycles. The number of anilines is 1. The van der Waals surface area contributed by atoms with E-state index < -0.39 is 0 Å². The Bertz CT molecular complexity index is 656.